The zero-order chi connectivity index (χ0) is 15.1. The smallest absolute Gasteiger partial charge is 0.126 e. The van der Waals surface area contributed by atoms with Gasteiger partial charge in [-0.3, -0.25) is 0 Å². The van der Waals surface area contributed by atoms with Crippen LogP contribution in [-0.4, -0.2) is 0 Å². The highest BCUT2D eigenvalue weighted by Crippen LogP contribution is 2.16. The molecule has 0 nitrogen and oxygen atoms in total. The van der Waals surface area contributed by atoms with Crippen LogP contribution in [0.2, 0.25) is 0 Å². The second kappa shape index (κ2) is 7.78. The van der Waals surface area contributed by atoms with Crippen molar-refractivity contribution >= 4 is 0 Å². The molecule has 2 rings (SSSR count). The molecule has 0 bridgehead atoms. The Balaban J connectivity index is 0.000000200. The highest BCUT2D eigenvalue weighted by atomic mass is 19.1. The minimum Gasteiger partial charge on any atom is -0.207 e. The molecule has 108 valence electrons. The molecule has 0 heterocycles. The molecule has 2 aromatic rings. The van der Waals surface area contributed by atoms with Gasteiger partial charge >= 0.3 is 0 Å². The van der Waals surface area contributed by atoms with Crippen molar-refractivity contribution in [2.45, 2.75) is 39.5 Å². The van der Waals surface area contributed by atoms with Crippen molar-refractivity contribution in [1.29, 1.82) is 0 Å². The van der Waals surface area contributed by atoms with Crippen LogP contribution in [0.4, 0.5) is 8.78 Å². The molecule has 0 aliphatic rings. The van der Waals surface area contributed by atoms with Crippen molar-refractivity contribution in [1.82, 2.24) is 0 Å². The van der Waals surface area contributed by atoms with Crippen LogP contribution >= 0.6 is 0 Å². The average molecular weight is 276 g/mol. The first-order valence-corrected chi connectivity index (χ1v) is 6.91. The first kappa shape index (κ1) is 16.4. The fourth-order valence-corrected chi connectivity index (χ4v) is 1.81. The van der Waals surface area contributed by atoms with E-state index in [9.17, 15) is 8.78 Å². The zero-order valence-corrected chi connectivity index (χ0v) is 12.5. The second-order valence-corrected chi connectivity index (χ2v) is 5.39. The fourth-order valence-electron chi connectivity index (χ4n) is 1.81. The molecule has 0 radical (unpaired) electrons. The summed E-state index contributed by atoms with van der Waals surface area (Å²) in [5.74, 6) is 0.445. The molecule has 0 amide bonds. The van der Waals surface area contributed by atoms with Crippen LogP contribution in [0.15, 0.2) is 48.5 Å². The maximum atomic E-state index is 12.8. The molecule has 0 fully saturated rings. The van der Waals surface area contributed by atoms with E-state index in [1.54, 1.807) is 18.2 Å². The predicted octanol–water partition coefficient (Wildman–Crippen LogP) is 5.90. The van der Waals surface area contributed by atoms with Crippen molar-refractivity contribution in [2.24, 2.45) is 0 Å². The standard InChI is InChI=1S/2C9H11F/c1-7(2)8-4-3-5-9(10)6-8;1-7(2)8-5-3-4-6-9(8)10/h2*3-7H,1-2H3. The van der Waals surface area contributed by atoms with Crippen molar-refractivity contribution in [3.63, 3.8) is 0 Å². The van der Waals surface area contributed by atoms with Gasteiger partial charge in [0.25, 0.3) is 0 Å². The van der Waals surface area contributed by atoms with E-state index in [0.29, 0.717) is 5.92 Å². The van der Waals surface area contributed by atoms with E-state index in [0.717, 1.165) is 11.1 Å². The molecule has 2 aromatic carbocycles. The minimum atomic E-state index is -0.147. The van der Waals surface area contributed by atoms with Gasteiger partial charge in [-0.05, 0) is 41.2 Å². The SMILES string of the molecule is CC(C)c1cccc(F)c1.CC(C)c1ccccc1F. The van der Waals surface area contributed by atoms with Crippen LogP contribution in [0.3, 0.4) is 0 Å². The van der Waals surface area contributed by atoms with Crippen LogP contribution in [-0.2, 0) is 0 Å². The summed E-state index contributed by atoms with van der Waals surface area (Å²) in [5, 5.41) is 0. The van der Waals surface area contributed by atoms with Crippen LogP contribution < -0.4 is 0 Å². The van der Waals surface area contributed by atoms with Crippen LogP contribution in [0, 0.1) is 11.6 Å². The van der Waals surface area contributed by atoms with E-state index in [2.05, 4.69) is 13.8 Å². The van der Waals surface area contributed by atoms with Gasteiger partial charge in [0.2, 0.25) is 0 Å². The normalized spacial score (nSPS) is 10.4. The lowest BCUT2D eigenvalue weighted by molar-refractivity contribution is 0.598. The van der Waals surface area contributed by atoms with Gasteiger partial charge in [0, 0.05) is 0 Å². The Kier molecular flexibility index (Phi) is 6.37. The van der Waals surface area contributed by atoms with Crippen molar-refractivity contribution in [3.8, 4) is 0 Å². The number of rotatable bonds is 2. The summed E-state index contributed by atoms with van der Waals surface area (Å²) < 4.78 is 25.4. The van der Waals surface area contributed by atoms with Gasteiger partial charge in [0.15, 0.2) is 0 Å². The first-order valence-electron chi connectivity index (χ1n) is 6.91. The Morgan fingerprint density at radius 3 is 1.80 bits per heavy atom. The lowest BCUT2D eigenvalue weighted by Gasteiger charge is -2.04. The summed E-state index contributed by atoms with van der Waals surface area (Å²) in [7, 11) is 0. The third-order valence-corrected chi connectivity index (χ3v) is 3.04. The summed E-state index contributed by atoms with van der Waals surface area (Å²) in [6.45, 7) is 8.07. The van der Waals surface area contributed by atoms with Gasteiger partial charge in [0.1, 0.15) is 11.6 Å². The van der Waals surface area contributed by atoms with Gasteiger partial charge in [-0.1, -0.05) is 58.0 Å². The Bertz CT molecular complexity index is 530. The third-order valence-electron chi connectivity index (χ3n) is 3.04. The molecule has 0 saturated carbocycles. The Morgan fingerprint density at radius 1 is 0.750 bits per heavy atom. The predicted molar refractivity (Wildman–Crippen MR) is 81.0 cm³/mol. The molecule has 20 heavy (non-hydrogen) atoms. The second-order valence-electron chi connectivity index (χ2n) is 5.39. The molecule has 0 unspecified atom stereocenters. The molecule has 0 N–H and O–H groups in total. The van der Waals surface area contributed by atoms with Crippen molar-refractivity contribution in [2.75, 3.05) is 0 Å². The van der Waals surface area contributed by atoms with Gasteiger partial charge in [-0.15, -0.1) is 0 Å². The van der Waals surface area contributed by atoms with Crippen molar-refractivity contribution in [3.05, 3.63) is 71.3 Å². The summed E-state index contributed by atoms with van der Waals surface area (Å²) in [4.78, 5) is 0. The highest BCUT2D eigenvalue weighted by Gasteiger charge is 2.02. The maximum absolute atomic E-state index is 12.8. The maximum Gasteiger partial charge on any atom is 0.126 e. The molecule has 2 heteroatoms. The van der Waals surface area contributed by atoms with E-state index in [1.165, 1.54) is 12.1 Å². The molecule has 0 aliphatic carbocycles. The van der Waals surface area contributed by atoms with Crippen LogP contribution in [0.25, 0.3) is 0 Å². The van der Waals surface area contributed by atoms with E-state index in [-0.39, 0.29) is 17.6 Å². The number of hydrogen-bond acceptors (Lipinski definition) is 0. The first-order chi connectivity index (χ1) is 9.41. The number of benzene rings is 2. The molecule has 0 aromatic heterocycles. The fraction of sp³-hybridized carbons (Fsp3) is 0.333. The van der Waals surface area contributed by atoms with E-state index < -0.39 is 0 Å². The molecule has 0 atom stereocenters. The minimum absolute atomic E-state index is 0.0995. The molecular weight excluding hydrogens is 254 g/mol. The Hall–Kier alpha value is -1.70. The van der Waals surface area contributed by atoms with Gasteiger partial charge in [-0.2, -0.15) is 0 Å². The molecule has 0 saturated heterocycles. The van der Waals surface area contributed by atoms with Gasteiger partial charge in [0.05, 0.1) is 0 Å². The quantitative estimate of drug-likeness (QED) is 0.640. The highest BCUT2D eigenvalue weighted by molar-refractivity contribution is 5.20. The van der Waals surface area contributed by atoms with E-state index >= 15 is 0 Å². The topological polar surface area (TPSA) is 0 Å². The molecule has 0 aliphatic heterocycles. The van der Waals surface area contributed by atoms with Gasteiger partial charge in [-0.25, -0.2) is 8.78 Å². The van der Waals surface area contributed by atoms with E-state index in [1.807, 2.05) is 32.0 Å². The summed E-state index contributed by atoms with van der Waals surface area (Å²) in [5.41, 5.74) is 1.85. The number of hydrogen-bond donors (Lipinski definition) is 0. The lowest BCUT2D eigenvalue weighted by atomic mass is 10.0. The Labute approximate surface area is 120 Å². The van der Waals surface area contributed by atoms with Crippen molar-refractivity contribution < 1.29 is 8.78 Å². The zero-order valence-electron chi connectivity index (χ0n) is 12.5. The summed E-state index contributed by atoms with van der Waals surface area (Å²) in [6, 6.07) is 13.6. The molecule has 0 spiro atoms. The monoisotopic (exact) mass is 276 g/mol. The van der Waals surface area contributed by atoms with Gasteiger partial charge < -0.3 is 0 Å². The van der Waals surface area contributed by atoms with E-state index in [4.69, 9.17) is 0 Å². The summed E-state index contributed by atoms with van der Waals surface area (Å²) in [6.07, 6.45) is 0. The Morgan fingerprint density at radius 2 is 1.40 bits per heavy atom. The van der Waals surface area contributed by atoms with Crippen LogP contribution in [0.5, 0.6) is 0 Å². The average Bonchev–Trinajstić information content (AvgIpc) is 2.39. The van der Waals surface area contributed by atoms with Crippen LogP contribution in [0.1, 0.15) is 50.7 Å². The summed E-state index contributed by atoms with van der Waals surface area (Å²) >= 11 is 0. The largest absolute Gasteiger partial charge is 0.207 e. The lowest BCUT2D eigenvalue weighted by Crippen LogP contribution is -1.90. The number of halogens is 2. The molecular formula is C18H22F2. The third kappa shape index (κ3) is 5.12.